The van der Waals surface area contributed by atoms with E-state index in [2.05, 4.69) is 0 Å². The van der Waals surface area contributed by atoms with E-state index in [-0.39, 0.29) is 6.42 Å². The summed E-state index contributed by atoms with van der Waals surface area (Å²) in [5, 5.41) is 0. The Morgan fingerprint density at radius 2 is 1.63 bits per heavy atom. The molecule has 4 aliphatic heterocycles. The zero-order valence-electron chi connectivity index (χ0n) is 20.3. The van der Waals surface area contributed by atoms with E-state index in [1.807, 2.05) is 20.8 Å². The topological polar surface area (TPSA) is 141 Å². The standard InChI is InChI=1S/C24H28O11/c1-8-12-11(32-17(8)27)7-22-15-13(30-9(2)25)14(21(4,5)6)23(22)16(31-10(3)26)18(28)34-20(23)35-24(12,22)19(29)33-15/h8,11-16,20H,7H2,1-6H3/t8-,11-,12-,13+,14-,15+,16-,20+,22-,23-,24+/m0/s1. The molecule has 0 amide bonds. The van der Waals surface area contributed by atoms with Gasteiger partial charge in [0.15, 0.2) is 5.60 Å². The summed E-state index contributed by atoms with van der Waals surface area (Å²) in [6.07, 6.45) is -5.27. The third-order valence-corrected chi connectivity index (χ3v) is 9.24. The molecule has 0 aromatic carbocycles. The van der Waals surface area contributed by atoms with E-state index in [9.17, 15) is 24.0 Å². The van der Waals surface area contributed by atoms with Gasteiger partial charge in [-0.25, -0.2) is 9.59 Å². The Balaban J connectivity index is 1.68. The van der Waals surface area contributed by atoms with Crippen molar-refractivity contribution >= 4 is 29.8 Å². The van der Waals surface area contributed by atoms with Gasteiger partial charge >= 0.3 is 29.8 Å². The van der Waals surface area contributed by atoms with Crippen molar-refractivity contribution in [1.29, 1.82) is 0 Å². The second kappa shape index (κ2) is 6.35. The average molecular weight is 492 g/mol. The first-order valence-corrected chi connectivity index (χ1v) is 11.9. The summed E-state index contributed by atoms with van der Waals surface area (Å²) in [6.45, 7) is 9.83. The molecule has 0 aromatic heterocycles. The van der Waals surface area contributed by atoms with Crippen molar-refractivity contribution in [2.75, 3.05) is 0 Å². The summed E-state index contributed by atoms with van der Waals surface area (Å²) in [6, 6.07) is 0. The van der Waals surface area contributed by atoms with Crippen LogP contribution in [0.25, 0.3) is 0 Å². The van der Waals surface area contributed by atoms with Crippen LogP contribution in [0.5, 0.6) is 0 Å². The monoisotopic (exact) mass is 492 g/mol. The number of fused-ring (bicyclic) bond motifs is 1. The molecule has 11 atom stereocenters. The predicted molar refractivity (Wildman–Crippen MR) is 110 cm³/mol. The molecule has 11 heteroatoms. The number of esters is 5. The zero-order valence-corrected chi connectivity index (χ0v) is 20.3. The Labute approximate surface area is 201 Å². The maximum absolute atomic E-state index is 13.8. The van der Waals surface area contributed by atoms with Gasteiger partial charge in [-0.15, -0.1) is 0 Å². The lowest BCUT2D eigenvalue weighted by atomic mass is 9.52. The van der Waals surface area contributed by atoms with Gasteiger partial charge in [0.1, 0.15) is 23.7 Å². The molecule has 0 unspecified atom stereocenters. The lowest BCUT2D eigenvalue weighted by Gasteiger charge is -2.46. The van der Waals surface area contributed by atoms with Crippen LogP contribution in [0.4, 0.5) is 0 Å². The van der Waals surface area contributed by atoms with Gasteiger partial charge in [-0.05, 0) is 11.8 Å². The minimum absolute atomic E-state index is 0.111. The van der Waals surface area contributed by atoms with Crippen LogP contribution in [0.1, 0.15) is 48.0 Å². The molecule has 2 saturated carbocycles. The van der Waals surface area contributed by atoms with Crippen LogP contribution in [0.15, 0.2) is 0 Å². The number of carbonyl (C=O) groups excluding carboxylic acids is 5. The summed E-state index contributed by atoms with van der Waals surface area (Å²) in [5.41, 5.74) is -5.09. The van der Waals surface area contributed by atoms with E-state index < -0.39 is 100 Å². The highest BCUT2D eigenvalue weighted by Gasteiger charge is 3.00. The van der Waals surface area contributed by atoms with Gasteiger partial charge in [0.25, 0.3) is 0 Å². The Morgan fingerprint density at radius 1 is 0.971 bits per heavy atom. The molecule has 6 rings (SSSR count). The zero-order chi connectivity index (χ0) is 25.5. The van der Waals surface area contributed by atoms with Crippen LogP contribution in [-0.2, 0) is 52.4 Å². The van der Waals surface area contributed by atoms with Crippen molar-refractivity contribution < 1.29 is 52.4 Å². The number of hydrogen-bond donors (Lipinski definition) is 0. The molecule has 0 N–H and O–H groups in total. The van der Waals surface area contributed by atoms with Crippen LogP contribution in [0.3, 0.4) is 0 Å². The Kier molecular flexibility index (Phi) is 4.13. The van der Waals surface area contributed by atoms with Gasteiger partial charge in [0.2, 0.25) is 12.4 Å². The fourth-order valence-electron chi connectivity index (χ4n) is 8.81. The molecule has 6 fully saturated rings. The first-order chi connectivity index (χ1) is 16.2. The molecule has 190 valence electrons. The Bertz CT molecular complexity index is 1090. The van der Waals surface area contributed by atoms with Gasteiger partial charge in [0.05, 0.1) is 11.3 Å². The summed E-state index contributed by atoms with van der Waals surface area (Å²) >= 11 is 0. The number of ether oxygens (including phenoxy) is 6. The largest absolute Gasteiger partial charge is 0.462 e. The first kappa shape index (κ1) is 22.8. The minimum atomic E-state index is -1.70. The highest BCUT2D eigenvalue weighted by molar-refractivity contribution is 5.92. The summed E-state index contributed by atoms with van der Waals surface area (Å²) in [4.78, 5) is 64.0. The van der Waals surface area contributed by atoms with Crippen LogP contribution in [0, 0.1) is 34.0 Å². The van der Waals surface area contributed by atoms with Crippen molar-refractivity contribution in [3.8, 4) is 0 Å². The normalized spacial score (nSPS) is 50.6. The minimum Gasteiger partial charge on any atom is -0.462 e. The number of rotatable bonds is 2. The van der Waals surface area contributed by atoms with Crippen molar-refractivity contribution in [3.63, 3.8) is 0 Å². The third kappa shape index (κ3) is 2.17. The van der Waals surface area contributed by atoms with Gasteiger partial charge in [0, 0.05) is 25.7 Å². The second-order valence-corrected chi connectivity index (χ2v) is 11.8. The fourth-order valence-corrected chi connectivity index (χ4v) is 8.81. The van der Waals surface area contributed by atoms with Crippen molar-refractivity contribution in [3.05, 3.63) is 0 Å². The number of carbonyl (C=O) groups is 5. The predicted octanol–water partition coefficient (Wildman–Crippen LogP) is 0.657. The van der Waals surface area contributed by atoms with E-state index in [0.717, 1.165) is 0 Å². The third-order valence-electron chi connectivity index (χ3n) is 9.24. The molecule has 6 aliphatic rings. The molecule has 2 aliphatic carbocycles. The van der Waals surface area contributed by atoms with Crippen LogP contribution < -0.4 is 0 Å². The van der Waals surface area contributed by atoms with E-state index in [1.54, 1.807) is 6.92 Å². The first-order valence-electron chi connectivity index (χ1n) is 11.9. The molecule has 0 bridgehead atoms. The summed E-state index contributed by atoms with van der Waals surface area (Å²) in [5.74, 6) is -5.33. The van der Waals surface area contributed by atoms with Crippen molar-refractivity contribution in [2.45, 2.75) is 84.3 Å². The molecular weight excluding hydrogens is 464 g/mol. The van der Waals surface area contributed by atoms with Gasteiger partial charge in [-0.1, -0.05) is 27.7 Å². The summed E-state index contributed by atoms with van der Waals surface area (Å²) < 4.78 is 35.3. The molecular formula is C24H28O11. The highest BCUT2D eigenvalue weighted by atomic mass is 16.8. The molecule has 0 radical (unpaired) electrons. The van der Waals surface area contributed by atoms with Crippen molar-refractivity contribution in [2.24, 2.45) is 34.0 Å². The summed E-state index contributed by atoms with van der Waals surface area (Å²) in [7, 11) is 0. The SMILES string of the molecule is CC(=O)O[C@H]1[C@H]2OC(=O)[C@@]34O[C@H]5OC(=O)[C@H](OC(C)=O)[C@]5([C@@H]1C(C)(C)C)[C@]23C[C@@H]1OC(=O)[C@@H](C)[C@@H]14. The lowest BCUT2D eigenvalue weighted by molar-refractivity contribution is -0.208. The number of hydrogen-bond acceptors (Lipinski definition) is 11. The quantitative estimate of drug-likeness (QED) is 0.396. The Hall–Kier alpha value is -2.69. The van der Waals surface area contributed by atoms with Crippen LogP contribution >= 0.6 is 0 Å². The van der Waals surface area contributed by atoms with Crippen molar-refractivity contribution in [1.82, 2.24) is 0 Å². The average Bonchev–Trinajstić information content (AvgIpc) is 3.42. The second-order valence-electron chi connectivity index (χ2n) is 11.8. The van der Waals surface area contributed by atoms with Crippen LogP contribution in [-0.4, -0.2) is 66.2 Å². The van der Waals surface area contributed by atoms with E-state index in [1.165, 1.54) is 13.8 Å². The molecule has 35 heavy (non-hydrogen) atoms. The Morgan fingerprint density at radius 3 is 2.23 bits per heavy atom. The highest BCUT2D eigenvalue weighted by Crippen LogP contribution is 2.84. The molecule has 4 heterocycles. The van der Waals surface area contributed by atoms with E-state index in [0.29, 0.717) is 0 Å². The smallest absolute Gasteiger partial charge is 0.350 e. The van der Waals surface area contributed by atoms with E-state index in [4.69, 9.17) is 28.4 Å². The maximum atomic E-state index is 13.8. The maximum Gasteiger partial charge on any atom is 0.350 e. The fraction of sp³-hybridized carbons (Fsp3) is 0.792. The molecule has 0 aromatic rings. The van der Waals surface area contributed by atoms with Gasteiger partial charge < -0.3 is 28.4 Å². The van der Waals surface area contributed by atoms with Gasteiger partial charge in [-0.2, -0.15) is 0 Å². The van der Waals surface area contributed by atoms with Crippen LogP contribution in [0.2, 0.25) is 0 Å². The lowest BCUT2D eigenvalue weighted by Crippen LogP contribution is -2.60. The van der Waals surface area contributed by atoms with E-state index >= 15 is 0 Å². The molecule has 4 saturated heterocycles. The molecule has 2 spiro atoms. The van der Waals surface area contributed by atoms with Gasteiger partial charge in [-0.3, -0.25) is 14.4 Å². The molecule has 11 nitrogen and oxygen atoms in total.